The van der Waals surface area contributed by atoms with Crippen LogP contribution in [0.1, 0.15) is 33.6 Å². The molecule has 0 aromatic rings. The lowest BCUT2D eigenvalue weighted by atomic mass is 9.88. The fourth-order valence-electron chi connectivity index (χ4n) is 2.25. The molecule has 2 N–H and O–H groups in total. The average Bonchev–Trinajstić information content (AvgIpc) is 2.19. The Morgan fingerprint density at radius 3 is 2.57 bits per heavy atom. The minimum Gasteiger partial charge on any atom is -0.330 e. The molecule has 3 unspecified atom stereocenters. The zero-order chi connectivity index (χ0) is 10.6. The molecule has 1 saturated heterocycles. The van der Waals surface area contributed by atoms with E-state index < -0.39 is 0 Å². The first-order chi connectivity index (χ1) is 6.67. The molecule has 0 radical (unpaired) electrons. The van der Waals surface area contributed by atoms with E-state index in [4.69, 9.17) is 5.73 Å². The highest BCUT2D eigenvalue weighted by molar-refractivity contribution is 4.76. The Morgan fingerprint density at radius 2 is 2.07 bits per heavy atom. The molecule has 0 aliphatic carbocycles. The summed E-state index contributed by atoms with van der Waals surface area (Å²) in [6.07, 6.45) is 2.58. The van der Waals surface area contributed by atoms with Gasteiger partial charge in [-0.05, 0) is 37.3 Å². The maximum Gasteiger partial charge on any atom is 0.00217 e. The Bertz CT molecular complexity index is 154. The second-order valence-corrected chi connectivity index (χ2v) is 5.01. The Balaban J connectivity index is 2.32. The molecule has 1 aliphatic heterocycles. The van der Waals surface area contributed by atoms with E-state index >= 15 is 0 Å². The summed E-state index contributed by atoms with van der Waals surface area (Å²) in [7, 11) is 0. The first-order valence-corrected chi connectivity index (χ1v) is 6.09. The van der Waals surface area contributed by atoms with Gasteiger partial charge in [0.25, 0.3) is 0 Å². The Hall–Kier alpha value is -0.0800. The number of piperidine rings is 1. The molecule has 2 heteroatoms. The van der Waals surface area contributed by atoms with E-state index in [2.05, 4.69) is 25.7 Å². The maximum atomic E-state index is 5.74. The van der Waals surface area contributed by atoms with Crippen LogP contribution in [0.2, 0.25) is 0 Å². The number of nitrogens with two attached hydrogens (primary N) is 1. The van der Waals surface area contributed by atoms with Crippen LogP contribution in [-0.2, 0) is 0 Å². The molecule has 1 heterocycles. The van der Waals surface area contributed by atoms with Gasteiger partial charge in [-0.15, -0.1) is 0 Å². The molecule has 0 saturated carbocycles. The molecular weight excluding hydrogens is 172 g/mol. The van der Waals surface area contributed by atoms with Gasteiger partial charge in [0.15, 0.2) is 0 Å². The van der Waals surface area contributed by atoms with E-state index in [-0.39, 0.29) is 0 Å². The van der Waals surface area contributed by atoms with Crippen molar-refractivity contribution in [2.45, 2.75) is 33.6 Å². The van der Waals surface area contributed by atoms with Gasteiger partial charge in [-0.1, -0.05) is 27.2 Å². The van der Waals surface area contributed by atoms with Crippen molar-refractivity contribution in [3.8, 4) is 0 Å². The molecule has 0 bridgehead atoms. The molecule has 1 rings (SSSR count). The lowest BCUT2D eigenvalue weighted by Gasteiger charge is -2.36. The highest BCUT2D eigenvalue weighted by Crippen LogP contribution is 2.23. The molecule has 0 aromatic heterocycles. The van der Waals surface area contributed by atoms with Crippen molar-refractivity contribution in [1.82, 2.24) is 4.90 Å². The van der Waals surface area contributed by atoms with Crippen molar-refractivity contribution in [2.24, 2.45) is 23.5 Å². The zero-order valence-electron chi connectivity index (χ0n) is 10.00. The fraction of sp³-hybridized carbons (Fsp3) is 1.00. The Kier molecular flexibility index (Phi) is 4.90. The van der Waals surface area contributed by atoms with Gasteiger partial charge in [-0.25, -0.2) is 0 Å². The molecule has 84 valence electrons. The zero-order valence-corrected chi connectivity index (χ0v) is 10.00. The second kappa shape index (κ2) is 5.72. The van der Waals surface area contributed by atoms with Crippen LogP contribution in [0.3, 0.4) is 0 Å². The molecular formula is C12H26N2. The predicted octanol–water partition coefficient (Wildman–Crippen LogP) is 1.95. The van der Waals surface area contributed by atoms with Gasteiger partial charge in [-0.2, -0.15) is 0 Å². The minimum atomic E-state index is 0.704. The minimum absolute atomic E-state index is 0.704. The third-order valence-corrected chi connectivity index (χ3v) is 3.85. The molecule has 1 fully saturated rings. The van der Waals surface area contributed by atoms with E-state index in [1.165, 1.54) is 32.5 Å². The first-order valence-electron chi connectivity index (χ1n) is 6.09. The van der Waals surface area contributed by atoms with Crippen LogP contribution >= 0.6 is 0 Å². The van der Waals surface area contributed by atoms with Crippen LogP contribution < -0.4 is 5.73 Å². The van der Waals surface area contributed by atoms with Crippen LogP contribution in [0.4, 0.5) is 0 Å². The monoisotopic (exact) mass is 198 g/mol. The molecule has 3 atom stereocenters. The van der Waals surface area contributed by atoms with E-state index in [0.717, 1.165) is 18.4 Å². The van der Waals surface area contributed by atoms with E-state index in [9.17, 15) is 0 Å². The third-order valence-electron chi connectivity index (χ3n) is 3.85. The molecule has 1 aliphatic rings. The topological polar surface area (TPSA) is 29.3 Å². The van der Waals surface area contributed by atoms with Crippen LogP contribution in [0.5, 0.6) is 0 Å². The number of hydrogen-bond donors (Lipinski definition) is 1. The lowest BCUT2D eigenvalue weighted by molar-refractivity contribution is 0.121. The van der Waals surface area contributed by atoms with Gasteiger partial charge >= 0.3 is 0 Å². The highest BCUT2D eigenvalue weighted by atomic mass is 15.1. The molecule has 14 heavy (non-hydrogen) atoms. The summed E-state index contributed by atoms with van der Waals surface area (Å²) in [5.41, 5.74) is 5.74. The van der Waals surface area contributed by atoms with Gasteiger partial charge in [-0.3, -0.25) is 0 Å². The van der Waals surface area contributed by atoms with Crippen molar-refractivity contribution in [1.29, 1.82) is 0 Å². The molecule has 0 spiro atoms. The van der Waals surface area contributed by atoms with E-state index in [0.29, 0.717) is 5.92 Å². The van der Waals surface area contributed by atoms with Crippen molar-refractivity contribution in [3.63, 3.8) is 0 Å². The average molecular weight is 198 g/mol. The maximum absolute atomic E-state index is 5.74. The fourth-order valence-corrected chi connectivity index (χ4v) is 2.25. The summed E-state index contributed by atoms with van der Waals surface area (Å²) < 4.78 is 0. The van der Waals surface area contributed by atoms with Gasteiger partial charge < -0.3 is 10.6 Å². The smallest absolute Gasteiger partial charge is 0.00217 e. The van der Waals surface area contributed by atoms with Gasteiger partial charge in [0, 0.05) is 13.1 Å². The standard InChI is InChI=1S/C12H26N2/c1-4-12(7-13)9-14-6-5-10(2)11(3)8-14/h10-12H,4-9,13H2,1-3H3. The number of likely N-dealkylation sites (tertiary alicyclic amines) is 1. The predicted molar refractivity (Wildman–Crippen MR) is 62.2 cm³/mol. The SMILES string of the molecule is CCC(CN)CN1CCC(C)C(C)C1. The number of rotatable bonds is 4. The van der Waals surface area contributed by atoms with Crippen molar-refractivity contribution >= 4 is 0 Å². The van der Waals surface area contributed by atoms with Crippen molar-refractivity contribution in [2.75, 3.05) is 26.2 Å². The van der Waals surface area contributed by atoms with Crippen LogP contribution in [0, 0.1) is 17.8 Å². The summed E-state index contributed by atoms with van der Waals surface area (Å²) in [6.45, 7) is 11.6. The third kappa shape index (κ3) is 3.25. The van der Waals surface area contributed by atoms with Crippen LogP contribution in [0.15, 0.2) is 0 Å². The van der Waals surface area contributed by atoms with Crippen LogP contribution in [0.25, 0.3) is 0 Å². The van der Waals surface area contributed by atoms with Crippen LogP contribution in [-0.4, -0.2) is 31.1 Å². The van der Waals surface area contributed by atoms with E-state index in [1.54, 1.807) is 0 Å². The molecule has 2 nitrogen and oxygen atoms in total. The summed E-state index contributed by atoms with van der Waals surface area (Å²) in [5, 5.41) is 0. The summed E-state index contributed by atoms with van der Waals surface area (Å²) >= 11 is 0. The van der Waals surface area contributed by atoms with Gasteiger partial charge in [0.05, 0.1) is 0 Å². The summed E-state index contributed by atoms with van der Waals surface area (Å²) in [4.78, 5) is 2.60. The van der Waals surface area contributed by atoms with Gasteiger partial charge in [0.1, 0.15) is 0 Å². The largest absolute Gasteiger partial charge is 0.330 e. The highest BCUT2D eigenvalue weighted by Gasteiger charge is 2.23. The number of nitrogens with zero attached hydrogens (tertiary/aromatic N) is 1. The molecule has 0 aromatic carbocycles. The quantitative estimate of drug-likeness (QED) is 0.748. The summed E-state index contributed by atoms with van der Waals surface area (Å²) in [6, 6.07) is 0. The Labute approximate surface area is 88.8 Å². The molecule has 0 amide bonds. The normalized spacial score (nSPS) is 31.7. The van der Waals surface area contributed by atoms with Crippen molar-refractivity contribution < 1.29 is 0 Å². The Morgan fingerprint density at radius 1 is 1.36 bits per heavy atom. The van der Waals surface area contributed by atoms with Gasteiger partial charge in [0.2, 0.25) is 0 Å². The second-order valence-electron chi connectivity index (χ2n) is 5.01. The first kappa shape index (κ1) is 12.0. The van der Waals surface area contributed by atoms with E-state index in [1.807, 2.05) is 0 Å². The summed E-state index contributed by atoms with van der Waals surface area (Å²) in [5.74, 6) is 2.47. The van der Waals surface area contributed by atoms with Crippen molar-refractivity contribution in [3.05, 3.63) is 0 Å². The lowest BCUT2D eigenvalue weighted by Crippen LogP contribution is -2.42. The number of hydrogen-bond acceptors (Lipinski definition) is 2.